The number of ether oxygens (including phenoxy) is 1. The zero-order chi connectivity index (χ0) is 16.0. The Kier molecular flexibility index (Phi) is 6.61. The van der Waals surface area contributed by atoms with Gasteiger partial charge in [-0.25, -0.2) is 9.18 Å². The molecule has 0 fully saturated rings. The highest BCUT2D eigenvalue weighted by Gasteiger charge is 2.25. The van der Waals surface area contributed by atoms with E-state index < -0.39 is 23.7 Å². The summed E-state index contributed by atoms with van der Waals surface area (Å²) in [5, 5.41) is 11.5. The minimum absolute atomic E-state index is 0.191. The number of amides is 1. The van der Waals surface area contributed by atoms with Gasteiger partial charge in [0.15, 0.2) is 6.61 Å². The number of halogens is 2. The van der Waals surface area contributed by atoms with Crippen LogP contribution in [0.25, 0.3) is 0 Å². The SMILES string of the molecule is CCC(C)[C@H](NC(=O)COc1ccc(F)cc1Br)C(=O)O. The van der Waals surface area contributed by atoms with E-state index in [1.807, 2.05) is 6.92 Å². The fraction of sp³-hybridized carbons (Fsp3) is 0.429. The quantitative estimate of drug-likeness (QED) is 0.782. The lowest BCUT2D eigenvalue weighted by Crippen LogP contribution is -2.46. The molecule has 0 bridgehead atoms. The van der Waals surface area contributed by atoms with Gasteiger partial charge in [-0.3, -0.25) is 4.79 Å². The van der Waals surface area contributed by atoms with Crippen LogP contribution >= 0.6 is 15.9 Å². The van der Waals surface area contributed by atoms with E-state index in [4.69, 9.17) is 9.84 Å². The zero-order valence-electron chi connectivity index (χ0n) is 11.7. The first-order chi connectivity index (χ1) is 9.85. The first kappa shape index (κ1) is 17.4. The summed E-state index contributed by atoms with van der Waals surface area (Å²) in [6.45, 7) is 3.25. The van der Waals surface area contributed by atoms with E-state index in [9.17, 15) is 14.0 Å². The first-order valence-corrected chi connectivity index (χ1v) is 7.24. The van der Waals surface area contributed by atoms with Crippen LogP contribution in [0.15, 0.2) is 22.7 Å². The average molecular weight is 362 g/mol. The molecular formula is C14H17BrFNO4. The van der Waals surface area contributed by atoms with Gasteiger partial charge in [-0.2, -0.15) is 0 Å². The minimum Gasteiger partial charge on any atom is -0.483 e. The zero-order valence-corrected chi connectivity index (χ0v) is 13.3. The number of benzene rings is 1. The summed E-state index contributed by atoms with van der Waals surface area (Å²) < 4.78 is 18.5. The summed E-state index contributed by atoms with van der Waals surface area (Å²) in [4.78, 5) is 22.8. The fourth-order valence-corrected chi connectivity index (χ4v) is 2.10. The van der Waals surface area contributed by atoms with Crippen molar-refractivity contribution in [3.05, 3.63) is 28.5 Å². The van der Waals surface area contributed by atoms with Crippen LogP contribution in [0.4, 0.5) is 4.39 Å². The summed E-state index contributed by atoms with van der Waals surface area (Å²) in [7, 11) is 0. The molecular weight excluding hydrogens is 345 g/mol. The highest BCUT2D eigenvalue weighted by molar-refractivity contribution is 9.10. The monoisotopic (exact) mass is 361 g/mol. The predicted octanol–water partition coefficient (Wildman–Crippen LogP) is 2.58. The van der Waals surface area contributed by atoms with Crippen LogP contribution < -0.4 is 10.1 Å². The Bertz CT molecular complexity index is 524. The second-order valence-electron chi connectivity index (χ2n) is 4.63. The van der Waals surface area contributed by atoms with Crippen LogP contribution in [0.5, 0.6) is 5.75 Å². The van der Waals surface area contributed by atoms with Gasteiger partial charge in [-0.15, -0.1) is 0 Å². The van der Waals surface area contributed by atoms with Crippen LogP contribution in [-0.4, -0.2) is 29.6 Å². The van der Waals surface area contributed by atoms with Crippen molar-refractivity contribution in [2.24, 2.45) is 5.92 Å². The molecule has 116 valence electrons. The summed E-state index contributed by atoms with van der Waals surface area (Å²) in [6.07, 6.45) is 0.627. The Labute approximate surface area is 130 Å². The smallest absolute Gasteiger partial charge is 0.326 e. The standard InChI is InChI=1S/C14H17BrFNO4/c1-3-8(2)13(14(19)20)17-12(18)7-21-11-5-4-9(16)6-10(11)15/h4-6,8,13H,3,7H2,1-2H3,(H,17,18)(H,19,20)/t8?,13-/m0/s1. The first-order valence-electron chi connectivity index (χ1n) is 6.45. The summed E-state index contributed by atoms with van der Waals surface area (Å²) >= 11 is 3.11. The molecule has 0 aromatic heterocycles. The number of carbonyl (C=O) groups is 2. The van der Waals surface area contributed by atoms with Gasteiger partial charge in [0.2, 0.25) is 0 Å². The maximum atomic E-state index is 12.9. The molecule has 2 atom stereocenters. The highest BCUT2D eigenvalue weighted by atomic mass is 79.9. The highest BCUT2D eigenvalue weighted by Crippen LogP contribution is 2.25. The van der Waals surface area contributed by atoms with Gasteiger partial charge in [0.05, 0.1) is 4.47 Å². The summed E-state index contributed by atoms with van der Waals surface area (Å²) in [5.74, 6) is -1.94. The maximum absolute atomic E-state index is 12.9. The van der Waals surface area contributed by atoms with Crippen LogP contribution in [0.3, 0.4) is 0 Å². The van der Waals surface area contributed by atoms with Crippen molar-refractivity contribution in [3.63, 3.8) is 0 Å². The number of carboxylic acid groups (broad SMARTS) is 1. The molecule has 0 saturated carbocycles. The predicted molar refractivity (Wildman–Crippen MR) is 78.6 cm³/mol. The lowest BCUT2D eigenvalue weighted by Gasteiger charge is -2.20. The van der Waals surface area contributed by atoms with Gasteiger partial charge in [-0.05, 0) is 40.0 Å². The second kappa shape index (κ2) is 7.97. The van der Waals surface area contributed by atoms with Crippen LogP contribution in [0, 0.1) is 11.7 Å². The third-order valence-corrected chi connectivity index (χ3v) is 3.67. The molecule has 1 unspecified atom stereocenters. The third-order valence-electron chi connectivity index (χ3n) is 3.05. The lowest BCUT2D eigenvalue weighted by molar-refractivity contribution is -0.143. The van der Waals surface area contributed by atoms with Gasteiger partial charge in [0.25, 0.3) is 5.91 Å². The summed E-state index contributed by atoms with van der Waals surface area (Å²) in [5.41, 5.74) is 0. The normalized spacial score (nSPS) is 13.3. The third kappa shape index (κ3) is 5.34. The molecule has 7 heteroatoms. The Balaban J connectivity index is 2.58. The van der Waals surface area contributed by atoms with Crippen molar-refractivity contribution in [2.75, 3.05) is 6.61 Å². The number of carbonyl (C=O) groups excluding carboxylic acids is 1. The average Bonchev–Trinajstić information content (AvgIpc) is 2.42. The summed E-state index contributed by atoms with van der Waals surface area (Å²) in [6, 6.07) is 2.85. The number of nitrogens with one attached hydrogen (secondary N) is 1. The Hall–Kier alpha value is -1.63. The van der Waals surface area contributed by atoms with Crippen molar-refractivity contribution in [2.45, 2.75) is 26.3 Å². The molecule has 1 rings (SSSR count). The maximum Gasteiger partial charge on any atom is 0.326 e. The Morgan fingerprint density at radius 3 is 2.67 bits per heavy atom. The van der Waals surface area contributed by atoms with Crippen molar-refractivity contribution in [3.8, 4) is 5.75 Å². The van der Waals surface area contributed by atoms with Gasteiger partial charge >= 0.3 is 5.97 Å². The number of rotatable bonds is 7. The van der Waals surface area contributed by atoms with E-state index in [-0.39, 0.29) is 12.5 Å². The van der Waals surface area contributed by atoms with E-state index in [0.29, 0.717) is 16.6 Å². The molecule has 0 radical (unpaired) electrons. The van der Waals surface area contributed by atoms with Crippen molar-refractivity contribution in [1.29, 1.82) is 0 Å². The number of hydrogen-bond acceptors (Lipinski definition) is 3. The largest absolute Gasteiger partial charge is 0.483 e. The van der Waals surface area contributed by atoms with Crippen molar-refractivity contribution < 1.29 is 23.8 Å². The van der Waals surface area contributed by atoms with E-state index >= 15 is 0 Å². The molecule has 2 N–H and O–H groups in total. The minimum atomic E-state index is -1.08. The molecule has 0 aliphatic carbocycles. The van der Waals surface area contributed by atoms with Crippen molar-refractivity contribution in [1.82, 2.24) is 5.32 Å². The second-order valence-corrected chi connectivity index (χ2v) is 5.49. The van der Waals surface area contributed by atoms with Gasteiger partial charge in [0, 0.05) is 0 Å². The van der Waals surface area contributed by atoms with Crippen LogP contribution in [-0.2, 0) is 9.59 Å². The topological polar surface area (TPSA) is 75.6 Å². The van der Waals surface area contributed by atoms with E-state index in [1.54, 1.807) is 6.92 Å². The molecule has 0 aliphatic rings. The van der Waals surface area contributed by atoms with Gasteiger partial charge in [0.1, 0.15) is 17.6 Å². The fourth-order valence-electron chi connectivity index (χ4n) is 1.63. The molecule has 0 saturated heterocycles. The molecule has 5 nitrogen and oxygen atoms in total. The number of hydrogen-bond donors (Lipinski definition) is 2. The van der Waals surface area contributed by atoms with Crippen LogP contribution in [0.2, 0.25) is 0 Å². The number of carboxylic acids is 1. The molecule has 0 heterocycles. The molecule has 1 aromatic carbocycles. The Morgan fingerprint density at radius 2 is 2.14 bits per heavy atom. The Morgan fingerprint density at radius 1 is 1.48 bits per heavy atom. The van der Waals surface area contributed by atoms with E-state index in [0.717, 1.165) is 0 Å². The molecule has 1 aromatic rings. The van der Waals surface area contributed by atoms with E-state index in [1.165, 1.54) is 18.2 Å². The molecule has 0 aliphatic heterocycles. The van der Waals surface area contributed by atoms with Gasteiger partial charge in [-0.1, -0.05) is 20.3 Å². The molecule has 21 heavy (non-hydrogen) atoms. The molecule has 1 amide bonds. The number of aliphatic carboxylic acids is 1. The van der Waals surface area contributed by atoms with Crippen molar-refractivity contribution >= 4 is 27.8 Å². The molecule has 0 spiro atoms. The van der Waals surface area contributed by atoms with Gasteiger partial charge < -0.3 is 15.2 Å². The van der Waals surface area contributed by atoms with Crippen LogP contribution in [0.1, 0.15) is 20.3 Å². The van der Waals surface area contributed by atoms with E-state index in [2.05, 4.69) is 21.2 Å². The lowest BCUT2D eigenvalue weighted by atomic mass is 9.99.